The maximum Gasteiger partial charge on any atom is 0.338 e. The van der Waals surface area contributed by atoms with Crippen LogP contribution in [-0.4, -0.2) is 66.3 Å². The molecule has 0 amide bonds. The zero-order valence-electron chi connectivity index (χ0n) is 23.3. The van der Waals surface area contributed by atoms with Crippen molar-refractivity contribution in [3.8, 4) is 0 Å². The fourth-order valence-corrected chi connectivity index (χ4v) is 4.55. The molecule has 0 radical (unpaired) electrons. The molecule has 0 bridgehead atoms. The van der Waals surface area contributed by atoms with Crippen LogP contribution in [0.5, 0.6) is 0 Å². The van der Waals surface area contributed by atoms with Crippen LogP contribution in [0.15, 0.2) is 121 Å². The van der Waals surface area contributed by atoms with Crippen LogP contribution in [0.1, 0.15) is 41.4 Å². The summed E-state index contributed by atoms with van der Waals surface area (Å²) >= 11 is 0. The average molecular weight is 597 g/mol. The van der Waals surface area contributed by atoms with Gasteiger partial charge in [-0.3, -0.25) is 0 Å². The first kappa shape index (κ1) is 30.1. The molecular weight excluding hydrogens is 568 g/mol. The quantitative estimate of drug-likeness (QED) is 0.209. The van der Waals surface area contributed by atoms with E-state index in [0.717, 1.165) is 0 Å². The SMILES string of the molecule is O=C(OC[C@@H](OC(=O)c1ccccc1)[C@H]1O[C@@H](O)[C@H](OC(=O)c2ccccc2)[C@H]1OC(=O)c1ccccc1)c1ccccc1. The average Bonchev–Trinajstić information content (AvgIpc) is 3.37. The van der Waals surface area contributed by atoms with Crippen LogP contribution in [-0.2, 0) is 23.7 Å². The summed E-state index contributed by atoms with van der Waals surface area (Å²) in [7, 11) is 0. The molecule has 0 aliphatic carbocycles. The Kier molecular flexibility index (Phi) is 9.75. The van der Waals surface area contributed by atoms with Crippen molar-refractivity contribution in [1.29, 1.82) is 0 Å². The fourth-order valence-electron chi connectivity index (χ4n) is 4.55. The Balaban J connectivity index is 1.45. The molecule has 1 N–H and O–H groups in total. The third-order valence-electron chi connectivity index (χ3n) is 6.75. The van der Waals surface area contributed by atoms with Gasteiger partial charge in [-0.25, -0.2) is 19.2 Å². The van der Waals surface area contributed by atoms with E-state index in [4.69, 9.17) is 23.7 Å². The molecule has 1 aliphatic heterocycles. The first-order valence-electron chi connectivity index (χ1n) is 13.7. The number of ether oxygens (including phenoxy) is 5. The molecule has 224 valence electrons. The van der Waals surface area contributed by atoms with Crippen LogP contribution in [0.3, 0.4) is 0 Å². The number of rotatable bonds is 10. The second-order valence-electron chi connectivity index (χ2n) is 9.74. The third kappa shape index (κ3) is 7.35. The Morgan fingerprint density at radius 2 is 0.955 bits per heavy atom. The minimum atomic E-state index is -1.79. The Morgan fingerprint density at radius 3 is 1.41 bits per heavy atom. The molecule has 1 fully saturated rings. The van der Waals surface area contributed by atoms with Gasteiger partial charge in [0.15, 0.2) is 24.6 Å². The van der Waals surface area contributed by atoms with E-state index in [1.807, 2.05) is 0 Å². The summed E-state index contributed by atoms with van der Waals surface area (Å²) in [5.41, 5.74) is 0.791. The highest BCUT2D eigenvalue weighted by atomic mass is 16.7. The maximum absolute atomic E-state index is 13.2. The smallest absolute Gasteiger partial charge is 0.338 e. The van der Waals surface area contributed by atoms with Gasteiger partial charge < -0.3 is 28.8 Å². The van der Waals surface area contributed by atoms with Gasteiger partial charge in [0, 0.05) is 0 Å². The molecule has 10 nitrogen and oxygen atoms in total. The summed E-state index contributed by atoms with van der Waals surface area (Å²) in [6, 6.07) is 32.2. The number of hydrogen-bond acceptors (Lipinski definition) is 10. The number of aliphatic hydroxyl groups is 1. The molecule has 5 rings (SSSR count). The lowest BCUT2D eigenvalue weighted by molar-refractivity contribution is -0.153. The van der Waals surface area contributed by atoms with Crippen molar-refractivity contribution in [2.75, 3.05) is 6.61 Å². The minimum Gasteiger partial charge on any atom is -0.458 e. The van der Waals surface area contributed by atoms with Crippen molar-refractivity contribution in [2.45, 2.75) is 30.7 Å². The van der Waals surface area contributed by atoms with Crippen LogP contribution in [0.2, 0.25) is 0 Å². The van der Waals surface area contributed by atoms with Crippen molar-refractivity contribution >= 4 is 23.9 Å². The van der Waals surface area contributed by atoms with Gasteiger partial charge in [0.2, 0.25) is 0 Å². The summed E-state index contributed by atoms with van der Waals surface area (Å²) in [6.07, 6.45) is -7.61. The van der Waals surface area contributed by atoms with Gasteiger partial charge >= 0.3 is 23.9 Å². The van der Waals surface area contributed by atoms with Crippen molar-refractivity contribution in [2.24, 2.45) is 0 Å². The van der Waals surface area contributed by atoms with Gasteiger partial charge in [-0.05, 0) is 48.5 Å². The largest absolute Gasteiger partial charge is 0.458 e. The number of hydrogen-bond donors (Lipinski definition) is 1. The number of esters is 4. The standard InChI is InChI=1S/C34H28O10/c35-30(22-13-5-1-6-14-22)40-21-26(41-31(36)23-15-7-2-8-16-23)27-28(43-32(37)24-17-9-3-10-18-24)29(34(39)42-27)44-33(38)25-19-11-4-12-20-25/h1-20,26-29,34,39H,21H2/t26-,27-,28+,29-,34-/m1/s1. The van der Waals surface area contributed by atoms with E-state index in [1.54, 1.807) is 84.9 Å². The van der Waals surface area contributed by atoms with E-state index in [9.17, 15) is 24.3 Å². The summed E-state index contributed by atoms with van der Waals surface area (Å²) in [5, 5.41) is 10.9. The molecule has 5 atom stereocenters. The molecule has 0 spiro atoms. The second kappa shape index (κ2) is 14.2. The van der Waals surface area contributed by atoms with E-state index in [2.05, 4.69) is 0 Å². The van der Waals surface area contributed by atoms with Gasteiger partial charge in [0.1, 0.15) is 12.7 Å². The molecule has 10 heteroatoms. The molecule has 0 saturated carbocycles. The zero-order valence-corrected chi connectivity index (χ0v) is 23.3. The number of carbonyl (C=O) groups excluding carboxylic acids is 4. The van der Waals surface area contributed by atoms with Crippen molar-refractivity contribution in [3.63, 3.8) is 0 Å². The number of carbonyl (C=O) groups is 4. The van der Waals surface area contributed by atoms with Gasteiger partial charge in [-0.1, -0.05) is 72.8 Å². The highest BCUT2D eigenvalue weighted by molar-refractivity contribution is 5.91. The second-order valence-corrected chi connectivity index (χ2v) is 9.74. The zero-order chi connectivity index (χ0) is 30.9. The normalized spacial score (nSPS) is 19.8. The van der Waals surface area contributed by atoms with E-state index >= 15 is 0 Å². The Labute approximate surface area is 252 Å². The first-order valence-corrected chi connectivity index (χ1v) is 13.7. The molecule has 44 heavy (non-hydrogen) atoms. The lowest BCUT2D eigenvalue weighted by atomic mass is 10.0. The third-order valence-corrected chi connectivity index (χ3v) is 6.75. The highest BCUT2D eigenvalue weighted by Crippen LogP contribution is 2.31. The summed E-state index contributed by atoms with van der Waals surface area (Å²) in [6.45, 7) is -0.539. The first-order chi connectivity index (χ1) is 21.4. The van der Waals surface area contributed by atoms with Crippen molar-refractivity contribution < 1.29 is 48.0 Å². The molecule has 4 aromatic rings. The van der Waals surface area contributed by atoms with Gasteiger partial charge in [-0.15, -0.1) is 0 Å². The van der Waals surface area contributed by atoms with E-state index in [1.165, 1.54) is 36.4 Å². The lowest BCUT2D eigenvalue weighted by Gasteiger charge is -2.28. The molecular formula is C34H28O10. The summed E-state index contributed by atoms with van der Waals surface area (Å²) < 4.78 is 28.3. The maximum atomic E-state index is 13.2. The monoisotopic (exact) mass is 596 g/mol. The molecule has 1 saturated heterocycles. The van der Waals surface area contributed by atoms with Crippen LogP contribution in [0.4, 0.5) is 0 Å². The van der Waals surface area contributed by atoms with Gasteiger partial charge in [-0.2, -0.15) is 0 Å². The van der Waals surface area contributed by atoms with Crippen LogP contribution >= 0.6 is 0 Å². The molecule has 0 unspecified atom stereocenters. The molecule has 0 aromatic heterocycles. The van der Waals surface area contributed by atoms with E-state index < -0.39 is 61.2 Å². The Bertz CT molecular complexity index is 1560. The van der Waals surface area contributed by atoms with Crippen LogP contribution in [0.25, 0.3) is 0 Å². The summed E-state index contributed by atoms with van der Waals surface area (Å²) in [5.74, 6) is -3.13. The summed E-state index contributed by atoms with van der Waals surface area (Å²) in [4.78, 5) is 52.1. The van der Waals surface area contributed by atoms with Crippen molar-refractivity contribution in [1.82, 2.24) is 0 Å². The predicted molar refractivity (Wildman–Crippen MR) is 155 cm³/mol. The van der Waals surface area contributed by atoms with Gasteiger partial charge in [0.25, 0.3) is 0 Å². The highest BCUT2D eigenvalue weighted by Gasteiger charge is 2.53. The van der Waals surface area contributed by atoms with E-state index in [-0.39, 0.29) is 22.3 Å². The van der Waals surface area contributed by atoms with E-state index in [0.29, 0.717) is 0 Å². The minimum absolute atomic E-state index is 0.175. The topological polar surface area (TPSA) is 135 Å². The predicted octanol–water partition coefficient (Wildman–Crippen LogP) is 4.24. The molecule has 1 heterocycles. The van der Waals surface area contributed by atoms with Crippen molar-refractivity contribution in [3.05, 3.63) is 144 Å². The van der Waals surface area contributed by atoms with Gasteiger partial charge in [0.05, 0.1) is 22.3 Å². The number of benzene rings is 4. The van der Waals surface area contributed by atoms with Crippen LogP contribution in [0, 0.1) is 0 Å². The molecule has 1 aliphatic rings. The van der Waals surface area contributed by atoms with Crippen LogP contribution < -0.4 is 0 Å². The fraction of sp³-hybridized carbons (Fsp3) is 0.176. The lowest BCUT2D eigenvalue weighted by Crippen LogP contribution is -2.47. The molecule has 4 aromatic carbocycles. The Morgan fingerprint density at radius 1 is 0.568 bits per heavy atom. The number of aliphatic hydroxyl groups excluding tert-OH is 1. The Hall–Kier alpha value is -5.32.